The highest BCUT2D eigenvalue weighted by atomic mass is 32.1. The van der Waals surface area contributed by atoms with Gasteiger partial charge in [-0.1, -0.05) is 20.8 Å². The largest absolute Gasteiger partial charge is 0.465 e. The molecule has 0 bridgehead atoms. The molecule has 0 atom stereocenters. The number of nitrogens with zero attached hydrogens (tertiary/aromatic N) is 1. The summed E-state index contributed by atoms with van der Waals surface area (Å²) in [5.74, 6) is -1.06. The first-order valence-electron chi connectivity index (χ1n) is 6.60. The van der Waals surface area contributed by atoms with E-state index in [9.17, 15) is 9.59 Å². The summed E-state index contributed by atoms with van der Waals surface area (Å²) >= 11 is 1.11. The monoisotopic (exact) mass is 322 g/mol. The van der Waals surface area contributed by atoms with Crippen molar-refractivity contribution in [3.63, 3.8) is 0 Å². The Morgan fingerprint density at radius 2 is 1.77 bits per heavy atom. The van der Waals surface area contributed by atoms with E-state index < -0.39 is 11.9 Å². The third-order valence-corrected chi connectivity index (χ3v) is 4.32. The standard InChI is InChI=1S/C15H18N2O4S/c1-15(2,3)8-6-7(13(18)20-4)9-10(16)11(14(19)21-5)22-12(9)17-8/h6H,16H2,1-5H3. The zero-order valence-electron chi connectivity index (χ0n) is 13.1. The van der Waals surface area contributed by atoms with Crippen molar-refractivity contribution in [2.45, 2.75) is 26.2 Å². The number of thiophene rings is 1. The summed E-state index contributed by atoms with van der Waals surface area (Å²) < 4.78 is 9.55. The highest BCUT2D eigenvalue weighted by Gasteiger charge is 2.26. The predicted molar refractivity (Wildman–Crippen MR) is 85.4 cm³/mol. The van der Waals surface area contributed by atoms with Crippen molar-refractivity contribution in [1.29, 1.82) is 0 Å². The van der Waals surface area contributed by atoms with Gasteiger partial charge in [0.15, 0.2) is 0 Å². The molecule has 2 aromatic rings. The number of methoxy groups -OCH3 is 2. The van der Waals surface area contributed by atoms with E-state index in [1.165, 1.54) is 14.2 Å². The number of hydrogen-bond acceptors (Lipinski definition) is 7. The maximum Gasteiger partial charge on any atom is 0.350 e. The van der Waals surface area contributed by atoms with Gasteiger partial charge in [0.1, 0.15) is 9.71 Å². The number of pyridine rings is 1. The minimum atomic E-state index is -0.548. The van der Waals surface area contributed by atoms with Crippen LogP contribution in [0.5, 0.6) is 0 Å². The highest BCUT2D eigenvalue weighted by molar-refractivity contribution is 7.21. The summed E-state index contributed by atoms with van der Waals surface area (Å²) in [6.45, 7) is 5.96. The SMILES string of the molecule is COC(=O)c1sc2nc(C(C)(C)C)cc(C(=O)OC)c2c1N. The summed E-state index contributed by atoms with van der Waals surface area (Å²) in [4.78, 5) is 29.2. The number of fused-ring (bicyclic) bond motifs is 1. The van der Waals surface area contributed by atoms with Crippen LogP contribution in [0.4, 0.5) is 5.69 Å². The summed E-state index contributed by atoms with van der Waals surface area (Å²) in [5, 5.41) is 0.435. The molecule has 2 heterocycles. The Morgan fingerprint density at radius 1 is 1.18 bits per heavy atom. The van der Waals surface area contributed by atoms with Gasteiger partial charge in [-0.2, -0.15) is 0 Å². The second-order valence-electron chi connectivity index (χ2n) is 5.81. The molecule has 0 amide bonds. The zero-order valence-corrected chi connectivity index (χ0v) is 14.0. The Labute approximate surface area is 132 Å². The van der Waals surface area contributed by atoms with Gasteiger partial charge >= 0.3 is 11.9 Å². The molecule has 0 fully saturated rings. The van der Waals surface area contributed by atoms with E-state index in [4.69, 9.17) is 15.2 Å². The Balaban J connectivity index is 2.85. The van der Waals surface area contributed by atoms with E-state index in [1.54, 1.807) is 6.07 Å². The fourth-order valence-corrected chi connectivity index (χ4v) is 3.06. The van der Waals surface area contributed by atoms with Gasteiger partial charge < -0.3 is 15.2 Å². The Morgan fingerprint density at radius 3 is 2.27 bits per heavy atom. The molecule has 0 aliphatic carbocycles. The number of hydrogen-bond donors (Lipinski definition) is 1. The lowest BCUT2D eigenvalue weighted by Crippen LogP contribution is -2.15. The minimum absolute atomic E-state index is 0.195. The van der Waals surface area contributed by atoms with Gasteiger partial charge in [-0.25, -0.2) is 14.6 Å². The minimum Gasteiger partial charge on any atom is -0.465 e. The smallest absolute Gasteiger partial charge is 0.350 e. The molecule has 0 spiro atoms. The average molecular weight is 322 g/mol. The molecule has 118 valence electrons. The summed E-state index contributed by atoms with van der Waals surface area (Å²) in [5.41, 5.74) is 6.99. The Bertz CT molecular complexity index is 759. The molecule has 0 unspecified atom stereocenters. The Hall–Kier alpha value is -2.15. The second-order valence-corrected chi connectivity index (χ2v) is 6.81. The van der Waals surface area contributed by atoms with Crippen LogP contribution < -0.4 is 5.73 Å². The first kappa shape index (κ1) is 16.2. The zero-order chi connectivity index (χ0) is 16.7. The fourth-order valence-electron chi connectivity index (χ4n) is 2.02. The number of aromatic nitrogens is 1. The molecule has 0 saturated heterocycles. The van der Waals surface area contributed by atoms with Crippen LogP contribution in [0.2, 0.25) is 0 Å². The van der Waals surface area contributed by atoms with E-state index in [2.05, 4.69) is 4.98 Å². The van der Waals surface area contributed by atoms with E-state index in [0.717, 1.165) is 17.0 Å². The highest BCUT2D eigenvalue weighted by Crippen LogP contribution is 2.37. The van der Waals surface area contributed by atoms with E-state index in [0.29, 0.717) is 15.8 Å². The lowest BCUT2D eigenvalue weighted by Gasteiger charge is -2.18. The molecular formula is C15H18N2O4S. The van der Waals surface area contributed by atoms with Gasteiger partial charge in [0, 0.05) is 16.5 Å². The van der Waals surface area contributed by atoms with Gasteiger partial charge in [-0.15, -0.1) is 11.3 Å². The van der Waals surface area contributed by atoms with Crippen LogP contribution in [-0.4, -0.2) is 31.1 Å². The molecule has 22 heavy (non-hydrogen) atoms. The quantitative estimate of drug-likeness (QED) is 0.855. The first-order chi connectivity index (χ1) is 10.2. The van der Waals surface area contributed by atoms with Crippen molar-refractivity contribution < 1.29 is 19.1 Å². The molecule has 0 aromatic carbocycles. The van der Waals surface area contributed by atoms with Crippen molar-refractivity contribution >= 4 is 39.2 Å². The molecule has 6 nitrogen and oxygen atoms in total. The van der Waals surface area contributed by atoms with Gasteiger partial charge in [-0.3, -0.25) is 0 Å². The van der Waals surface area contributed by atoms with Crippen molar-refractivity contribution in [3.05, 3.63) is 22.2 Å². The molecule has 0 aliphatic rings. The normalized spacial score (nSPS) is 11.5. The lowest BCUT2D eigenvalue weighted by atomic mass is 9.90. The third kappa shape index (κ3) is 2.64. The summed E-state index contributed by atoms with van der Waals surface area (Å²) in [6.07, 6.45) is 0. The van der Waals surface area contributed by atoms with E-state index >= 15 is 0 Å². The maximum atomic E-state index is 12.1. The first-order valence-corrected chi connectivity index (χ1v) is 7.42. The molecule has 2 aromatic heterocycles. The van der Waals surface area contributed by atoms with Gasteiger partial charge in [-0.05, 0) is 6.07 Å². The van der Waals surface area contributed by atoms with Crippen molar-refractivity contribution in [2.75, 3.05) is 20.0 Å². The number of anilines is 1. The number of carbonyl (C=O) groups excluding carboxylic acids is 2. The maximum absolute atomic E-state index is 12.1. The number of carbonyl (C=O) groups is 2. The number of rotatable bonds is 2. The van der Waals surface area contributed by atoms with Crippen LogP contribution in [0.25, 0.3) is 10.2 Å². The fraction of sp³-hybridized carbons (Fsp3) is 0.400. The molecular weight excluding hydrogens is 304 g/mol. The van der Waals surface area contributed by atoms with Gasteiger partial charge in [0.2, 0.25) is 0 Å². The number of nitrogens with two attached hydrogens (primary N) is 1. The average Bonchev–Trinajstić information content (AvgIpc) is 2.81. The number of esters is 2. The van der Waals surface area contributed by atoms with Crippen molar-refractivity contribution in [3.8, 4) is 0 Å². The van der Waals surface area contributed by atoms with E-state index in [-0.39, 0.29) is 16.0 Å². The molecule has 0 radical (unpaired) electrons. The van der Waals surface area contributed by atoms with Crippen LogP contribution in [0.1, 0.15) is 46.5 Å². The van der Waals surface area contributed by atoms with Crippen molar-refractivity contribution in [1.82, 2.24) is 4.98 Å². The van der Waals surface area contributed by atoms with Crippen molar-refractivity contribution in [2.24, 2.45) is 0 Å². The summed E-state index contributed by atoms with van der Waals surface area (Å²) in [6, 6.07) is 1.66. The molecule has 7 heteroatoms. The Kier molecular flexibility index (Phi) is 4.10. The van der Waals surface area contributed by atoms with Gasteiger partial charge in [0.25, 0.3) is 0 Å². The predicted octanol–water partition coefficient (Wildman–Crippen LogP) is 2.75. The summed E-state index contributed by atoms with van der Waals surface area (Å²) in [7, 11) is 2.58. The lowest BCUT2D eigenvalue weighted by molar-refractivity contribution is 0.0594. The number of ether oxygens (including phenoxy) is 2. The molecule has 0 aliphatic heterocycles. The van der Waals surface area contributed by atoms with Crippen LogP contribution in [0.15, 0.2) is 6.07 Å². The number of nitrogen functional groups attached to an aromatic ring is 1. The third-order valence-electron chi connectivity index (χ3n) is 3.24. The molecule has 2 N–H and O–H groups in total. The second kappa shape index (κ2) is 5.57. The molecule has 0 saturated carbocycles. The van der Waals surface area contributed by atoms with Gasteiger partial charge in [0.05, 0.1) is 25.5 Å². The van der Waals surface area contributed by atoms with Crippen LogP contribution in [0, 0.1) is 0 Å². The van der Waals surface area contributed by atoms with Crippen LogP contribution >= 0.6 is 11.3 Å². The topological polar surface area (TPSA) is 91.5 Å². The van der Waals surface area contributed by atoms with Crippen LogP contribution in [-0.2, 0) is 14.9 Å². The molecule has 2 rings (SSSR count). The van der Waals surface area contributed by atoms with E-state index in [1.807, 2.05) is 20.8 Å². The van der Waals surface area contributed by atoms with Crippen LogP contribution in [0.3, 0.4) is 0 Å².